The first-order valence-electron chi connectivity index (χ1n) is 9.04. The number of nitrogens with zero attached hydrogens (tertiary/aromatic N) is 2. The maximum atomic E-state index is 13.0. The molecule has 2 aliphatic heterocycles. The summed E-state index contributed by atoms with van der Waals surface area (Å²) < 4.78 is 20.2. The van der Waals surface area contributed by atoms with Crippen molar-refractivity contribution in [2.45, 2.75) is 38.3 Å². The number of aromatic nitrogens is 1. The Kier molecular flexibility index (Phi) is 4.49. The lowest BCUT2D eigenvalue weighted by atomic mass is 10.2. The molecule has 136 valence electrons. The number of hydrogen-bond donors (Lipinski definition) is 0. The van der Waals surface area contributed by atoms with E-state index < -0.39 is 6.04 Å². The standard InChI is InChI=1S/C20H21FN2O3/c21-15-5-3-14(4-6-15)13-26-18-10-8-16-7-9-17(23(16)20(18)25)19(24)22-11-1-2-12-22/h3-6,8,10,17H,1-2,7,9,11-13H2/t17-/m0/s1. The monoisotopic (exact) mass is 356 g/mol. The highest BCUT2D eigenvalue weighted by molar-refractivity contribution is 5.81. The van der Waals surface area contributed by atoms with Crippen LogP contribution in [0.1, 0.15) is 36.6 Å². The largest absolute Gasteiger partial charge is 0.483 e. The van der Waals surface area contributed by atoms with Crippen molar-refractivity contribution in [3.63, 3.8) is 0 Å². The molecule has 0 radical (unpaired) electrons. The molecule has 0 N–H and O–H groups in total. The number of benzene rings is 1. The zero-order valence-corrected chi connectivity index (χ0v) is 14.5. The van der Waals surface area contributed by atoms with Gasteiger partial charge in [0.05, 0.1) is 0 Å². The Morgan fingerprint density at radius 2 is 1.85 bits per heavy atom. The smallest absolute Gasteiger partial charge is 0.293 e. The van der Waals surface area contributed by atoms with Crippen LogP contribution in [0.3, 0.4) is 0 Å². The van der Waals surface area contributed by atoms with Crippen molar-refractivity contribution in [1.29, 1.82) is 0 Å². The van der Waals surface area contributed by atoms with E-state index in [0.717, 1.165) is 43.6 Å². The van der Waals surface area contributed by atoms with Crippen molar-refractivity contribution in [2.24, 2.45) is 0 Å². The fourth-order valence-electron chi connectivity index (χ4n) is 3.77. The van der Waals surface area contributed by atoms with Gasteiger partial charge in [0, 0.05) is 18.8 Å². The molecule has 2 aliphatic rings. The zero-order chi connectivity index (χ0) is 18.1. The first kappa shape index (κ1) is 16.8. The number of halogens is 1. The van der Waals surface area contributed by atoms with E-state index in [1.165, 1.54) is 12.1 Å². The van der Waals surface area contributed by atoms with Crippen molar-refractivity contribution in [3.05, 3.63) is 63.8 Å². The minimum atomic E-state index is -0.426. The minimum Gasteiger partial charge on any atom is -0.483 e. The lowest BCUT2D eigenvalue weighted by Crippen LogP contribution is -2.37. The lowest BCUT2D eigenvalue weighted by molar-refractivity contribution is -0.133. The predicted molar refractivity (Wildman–Crippen MR) is 94.6 cm³/mol. The second-order valence-electron chi connectivity index (χ2n) is 6.87. The molecule has 0 spiro atoms. The second kappa shape index (κ2) is 6.94. The summed E-state index contributed by atoms with van der Waals surface area (Å²) in [7, 11) is 0. The Morgan fingerprint density at radius 1 is 1.12 bits per heavy atom. The number of pyridine rings is 1. The van der Waals surface area contributed by atoms with E-state index in [1.807, 2.05) is 11.0 Å². The van der Waals surface area contributed by atoms with Gasteiger partial charge in [0.1, 0.15) is 18.5 Å². The van der Waals surface area contributed by atoms with E-state index >= 15 is 0 Å². The number of carbonyl (C=O) groups excluding carboxylic acids is 1. The highest BCUT2D eigenvalue weighted by atomic mass is 19.1. The molecule has 0 saturated carbocycles. The van der Waals surface area contributed by atoms with E-state index in [2.05, 4.69) is 0 Å². The molecule has 1 atom stereocenters. The van der Waals surface area contributed by atoms with Crippen molar-refractivity contribution < 1.29 is 13.9 Å². The highest BCUT2D eigenvalue weighted by Crippen LogP contribution is 2.28. The molecule has 6 heteroatoms. The topological polar surface area (TPSA) is 51.5 Å². The van der Waals surface area contributed by atoms with Crippen molar-refractivity contribution >= 4 is 5.91 Å². The summed E-state index contributed by atoms with van der Waals surface area (Å²) in [5.41, 5.74) is 1.39. The molecule has 5 nitrogen and oxygen atoms in total. The molecule has 0 aliphatic carbocycles. The quantitative estimate of drug-likeness (QED) is 0.846. The highest BCUT2D eigenvalue weighted by Gasteiger charge is 2.34. The summed E-state index contributed by atoms with van der Waals surface area (Å²) in [4.78, 5) is 27.5. The number of likely N-dealkylation sites (tertiary alicyclic amines) is 1. The third-order valence-electron chi connectivity index (χ3n) is 5.16. The molecule has 3 heterocycles. The molecule has 2 aromatic rings. The lowest BCUT2D eigenvalue weighted by Gasteiger charge is -2.22. The van der Waals surface area contributed by atoms with Crippen LogP contribution in [0.25, 0.3) is 0 Å². The Morgan fingerprint density at radius 3 is 2.58 bits per heavy atom. The first-order valence-corrected chi connectivity index (χ1v) is 9.04. The van der Waals surface area contributed by atoms with Gasteiger partial charge < -0.3 is 9.64 Å². The summed E-state index contributed by atoms with van der Waals surface area (Å²) in [6.45, 7) is 1.74. The van der Waals surface area contributed by atoms with Crippen LogP contribution in [0, 0.1) is 5.82 Å². The zero-order valence-electron chi connectivity index (χ0n) is 14.5. The third-order valence-corrected chi connectivity index (χ3v) is 5.16. The van der Waals surface area contributed by atoms with Gasteiger partial charge in [0.25, 0.3) is 5.56 Å². The number of carbonyl (C=O) groups is 1. The van der Waals surface area contributed by atoms with Gasteiger partial charge in [-0.2, -0.15) is 0 Å². The van der Waals surface area contributed by atoms with Gasteiger partial charge in [0.15, 0.2) is 5.75 Å². The van der Waals surface area contributed by atoms with Crippen LogP contribution in [0.5, 0.6) is 5.75 Å². The molecule has 0 bridgehead atoms. The molecule has 26 heavy (non-hydrogen) atoms. The third kappa shape index (κ3) is 3.11. The number of aryl methyl sites for hydroxylation is 1. The van der Waals surface area contributed by atoms with E-state index in [4.69, 9.17) is 4.74 Å². The van der Waals surface area contributed by atoms with Crippen molar-refractivity contribution in [3.8, 4) is 5.75 Å². The average Bonchev–Trinajstić information content (AvgIpc) is 3.32. The number of hydrogen-bond acceptors (Lipinski definition) is 3. The predicted octanol–water partition coefficient (Wildman–Crippen LogP) is 2.68. The molecule has 0 unspecified atom stereocenters. The number of rotatable bonds is 4. The maximum Gasteiger partial charge on any atom is 0.293 e. The number of ether oxygens (including phenoxy) is 1. The summed E-state index contributed by atoms with van der Waals surface area (Å²) in [6.07, 6.45) is 3.44. The van der Waals surface area contributed by atoms with Crippen LogP contribution in [-0.2, 0) is 17.8 Å². The van der Waals surface area contributed by atoms with Gasteiger partial charge >= 0.3 is 0 Å². The van der Waals surface area contributed by atoms with Crippen LogP contribution in [0.15, 0.2) is 41.2 Å². The van der Waals surface area contributed by atoms with Gasteiger partial charge in [-0.15, -0.1) is 0 Å². The fourth-order valence-corrected chi connectivity index (χ4v) is 3.77. The normalized spacial score (nSPS) is 18.8. The van der Waals surface area contributed by atoms with Crippen molar-refractivity contribution in [2.75, 3.05) is 13.1 Å². The summed E-state index contributed by atoms with van der Waals surface area (Å²) in [6, 6.07) is 9.07. The van der Waals surface area contributed by atoms with Crippen LogP contribution in [0.4, 0.5) is 4.39 Å². The first-order chi connectivity index (χ1) is 12.6. The second-order valence-corrected chi connectivity index (χ2v) is 6.87. The number of amides is 1. The summed E-state index contributed by atoms with van der Waals surface area (Å²) >= 11 is 0. The molecular weight excluding hydrogens is 335 g/mol. The van der Waals surface area contributed by atoms with Gasteiger partial charge in [0.2, 0.25) is 5.91 Å². The molecule has 1 amide bonds. The molecule has 1 aromatic carbocycles. The van der Waals surface area contributed by atoms with E-state index in [-0.39, 0.29) is 29.6 Å². The Labute approximate surface area is 151 Å². The Balaban J connectivity index is 1.55. The van der Waals surface area contributed by atoms with E-state index in [9.17, 15) is 14.0 Å². The Hall–Kier alpha value is -2.63. The molecule has 4 rings (SSSR count). The molecule has 1 fully saturated rings. The summed E-state index contributed by atoms with van der Waals surface area (Å²) in [5.74, 6) is -0.0483. The van der Waals surface area contributed by atoms with Gasteiger partial charge in [-0.25, -0.2) is 4.39 Å². The van der Waals surface area contributed by atoms with Crippen LogP contribution >= 0.6 is 0 Å². The molecule has 1 saturated heterocycles. The van der Waals surface area contributed by atoms with Gasteiger partial charge in [-0.05, 0) is 55.5 Å². The van der Waals surface area contributed by atoms with Gasteiger partial charge in [-0.1, -0.05) is 12.1 Å². The molecule has 1 aromatic heterocycles. The fraction of sp³-hybridized carbons (Fsp3) is 0.400. The molecular formula is C20H21FN2O3. The SMILES string of the molecule is O=C([C@@H]1CCc2ccc(OCc3ccc(F)cc3)c(=O)n21)N1CCCC1. The van der Waals surface area contributed by atoms with Crippen LogP contribution < -0.4 is 10.3 Å². The Bertz CT molecular complexity index is 870. The maximum absolute atomic E-state index is 13.0. The summed E-state index contributed by atoms with van der Waals surface area (Å²) in [5, 5.41) is 0. The van der Waals surface area contributed by atoms with E-state index in [1.54, 1.807) is 22.8 Å². The van der Waals surface area contributed by atoms with Crippen molar-refractivity contribution in [1.82, 2.24) is 9.47 Å². The minimum absolute atomic E-state index is 0.0408. The van der Waals surface area contributed by atoms with Crippen LogP contribution in [-0.4, -0.2) is 28.5 Å². The van der Waals surface area contributed by atoms with Crippen LogP contribution in [0.2, 0.25) is 0 Å². The van der Waals surface area contributed by atoms with Gasteiger partial charge in [-0.3, -0.25) is 14.2 Å². The number of fused-ring (bicyclic) bond motifs is 1. The van der Waals surface area contributed by atoms with E-state index in [0.29, 0.717) is 6.42 Å². The average molecular weight is 356 g/mol.